The molecule has 0 bridgehead atoms. The highest BCUT2D eigenvalue weighted by Crippen LogP contribution is 2.26. The predicted octanol–water partition coefficient (Wildman–Crippen LogP) is 6.85. The molecule has 132 valence electrons. The third-order valence-corrected chi connectivity index (χ3v) is 5.49. The lowest BCUT2D eigenvalue weighted by Gasteiger charge is -2.11. The lowest BCUT2D eigenvalue weighted by molar-refractivity contribution is 0.102. The molecule has 0 aromatic heterocycles. The topological polar surface area (TPSA) is 29.1 Å². The van der Waals surface area contributed by atoms with Crippen molar-refractivity contribution in [1.82, 2.24) is 0 Å². The van der Waals surface area contributed by atoms with Gasteiger partial charge in [-0.15, -0.1) is 11.8 Å². The van der Waals surface area contributed by atoms with E-state index in [2.05, 4.69) is 23.5 Å². The van der Waals surface area contributed by atoms with Gasteiger partial charge in [-0.3, -0.25) is 4.79 Å². The minimum Gasteiger partial charge on any atom is -0.322 e. The molecule has 0 aliphatic rings. The fourth-order valence-electron chi connectivity index (χ4n) is 2.50. The molecule has 3 aromatic carbocycles. The van der Waals surface area contributed by atoms with Gasteiger partial charge in [0.25, 0.3) is 5.91 Å². The third-order valence-electron chi connectivity index (χ3n) is 3.86. The first-order valence-corrected chi connectivity index (χ1v) is 9.81. The first kappa shape index (κ1) is 18.8. The van der Waals surface area contributed by atoms with Crippen molar-refractivity contribution in [3.05, 3.63) is 93.5 Å². The molecule has 0 unspecified atom stereocenters. The number of amides is 1. The summed E-state index contributed by atoms with van der Waals surface area (Å²) >= 11 is 13.8. The fraction of sp³-hybridized carbons (Fsp3) is 0.0952. The molecule has 0 aliphatic carbocycles. The van der Waals surface area contributed by atoms with Crippen molar-refractivity contribution < 1.29 is 4.79 Å². The van der Waals surface area contributed by atoms with E-state index in [9.17, 15) is 4.79 Å². The Morgan fingerprint density at radius 2 is 1.77 bits per heavy atom. The van der Waals surface area contributed by atoms with Crippen LogP contribution in [0.15, 0.2) is 71.6 Å². The molecule has 0 aliphatic heterocycles. The highest BCUT2D eigenvalue weighted by molar-refractivity contribution is 7.98. The number of halogens is 2. The van der Waals surface area contributed by atoms with Gasteiger partial charge < -0.3 is 5.32 Å². The molecule has 3 aromatic rings. The van der Waals surface area contributed by atoms with Crippen molar-refractivity contribution in [3.8, 4) is 0 Å². The van der Waals surface area contributed by atoms with Gasteiger partial charge in [0, 0.05) is 21.4 Å². The summed E-state index contributed by atoms with van der Waals surface area (Å²) in [6.45, 7) is 1.98. The van der Waals surface area contributed by atoms with Crippen LogP contribution in [0.3, 0.4) is 0 Å². The molecular weight excluding hydrogens is 385 g/mol. The number of hydrogen-bond acceptors (Lipinski definition) is 2. The second-order valence-corrected chi connectivity index (χ2v) is 7.72. The molecule has 0 radical (unpaired) electrons. The third kappa shape index (κ3) is 4.82. The van der Waals surface area contributed by atoms with Crippen molar-refractivity contribution >= 4 is 46.6 Å². The molecule has 26 heavy (non-hydrogen) atoms. The highest BCUT2D eigenvalue weighted by Gasteiger charge is 2.12. The fourth-order valence-corrected chi connectivity index (χ4v) is 3.86. The van der Waals surface area contributed by atoms with Crippen molar-refractivity contribution in [2.24, 2.45) is 0 Å². The number of hydrogen-bond donors (Lipinski definition) is 1. The SMILES string of the molecule is Cc1cc(CSc2ccccc2)ccc1NC(=O)c1ccc(Cl)cc1Cl. The summed E-state index contributed by atoms with van der Waals surface area (Å²) in [6.07, 6.45) is 0. The molecule has 1 N–H and O–H groups in total. The van der Waals surface area contributed by atoms with E-state index in [1.807, 2.05) is 37.3 Å². The van der Waals surface area contributed by atoms with Gasteiger partial charge >= 0.3 is 0 Å². The van der Waals surface area contributed by atoms with Gasteiger partial charge in [0.15, 0.2) is 0 Å². The predicted molar refractivity (Wildman–Crippen MR) is 112 cm³/mol. The summed E-state index contributed by atoms with van der Waals surface area (Å²) < 4.78 is 0. The normalized spacial score (nSPS) is 10.6. The summed E-state index contributed by atoms with van der Waals surface area (Å²) in [5, 5.41) is 3.75. The standard InChI is InChI=1S/C21H17Cl2NOS/c1-14-11-15(13-26-17-5-3-2-4-6-17)7-10-20(14)24-21(25)18-9-8-16(22)12-19(18)23/h2-12H,13H2,1H3,(H,24,25). The molecule has 0 saturated heterocycles. The molecule has 0 heterocycles. The van der Waals surface area contributed by atoms with Crippen LogP contribution in [-0.4, -0.2) is 5.91 Å². The first-order chi connectivity index (χ1) is 12.5. The first-order valence-electron chi connectivity index (χ1n) is 8.07. The van der Waals surface area contributed by atoms with E-state index in [1.54, 1.807) is 30.0 Å². The number of anilines is 1. The second-order valence-electron chi connectivity index (χ2n) is 5.83. The van der Waals surface area contributed by atoms with Crippen LogP contribution >= 0.6 is 35.0 Å². The van der Waals surface area contributed by atoms with E-state index >= 15 is 0 Å². The molecule has 0 saturated carbocycles. The number of nitrogens with one attached hydrogen (secondary N) is 1. The Bertz CT molecular complexity index is 929. The van der Waals surface area contributed by atoms with Gasteiger partial charge in [-0.25, -0.2) is 0 Å². The van der Waals surface area contributed by atoms with Gasteiger partial charge in [-0.2, -0.15) is 0 Å². The number of rotatable bonds is 5. The molecular formula is C21H17Cl2NOS. The van der Waals surface area contributed by atoms with Crippen molar-refractivity contribution in [2.45, 2.75) is 17.6 Å². The Morgan fingerprint density at radius 3 is 2.46 bits per heavy atom. The van der Waals surface area contributed by atoms with Gasteiger partial charge in [0.05, 0.1) is 10.6 Å². The maximum Gasteiger partial charge on any atom is 0.257 e. The van der Waals surface area contributed by atoms with E-state index in [0.29, 0.717) is 15.6 Å². The zero-order valence-electron chi connectivity index (χ0n) is 14.1. The molecule has 5 heteroatoms. The average Bonchev–Trinajstić information content (AvgIpc) is 2.63. The number of thioether (sulfide) groups is 1. The summed E-state index contributed by atoms with van der Waals surface area (Å²) in [5.41, 5.74) is 3.39. The summed E-state index contributed by atoms with van der Waals surface area (Å²) in [7, 11) is 0. The molecule has 0 spiro atoms. The number of carbonyl (C=O) groups is 1. The Balaban J connectivity index is 1.68. The average molecular weight is 402 g/mol. The monoisotopic (exact) mass is 401 g/mol. The summed E-state index contributed by atoms with van der Waals surface area (Å²) in [4.78, 5) is 13.7. The van der Waals surface area contributed by atoms with E-state index in [0.717, 1.165) is 17.0 Å². The lowest BCUT2D eigenvalue weighted by atomic mass is 10.1. The number of carbonyl (C=O) groups excluding carboxylic acids is 1. The van der Waals surface area contributed by atoms with E-state index in [1.165, 1.54) is 10.5 Å². The van der Waals surface area contributed by atoms with Crippen LogP contribution in [-0.2, 0) is 5.75 Å². The largest absolute Gasteiger partial charge is 0.322 e. The van der Waals surface area contributed by atoms with Crippen molar-refractivity contribution in [2.75, 3.05) is 5.32 Å². The Morgan fingerprint density at radius 1 is 1.00 bits per heavy atom. The Labute approximate surface area is 167 Å². The van der Waals surface area contributed by atoms with Crippen molar-refractivity contribution in [1.29, 1.82) is 0 Å². The van der Waals surface area contributed by atoms with Crippen LogP contribution in [0.1, 0.15) is 21.5 Å². The van der Waals surface area contributed by atoms with Gasteiger partial charge in [0.1, 0.15) is 0 Å². The van der Waals surface area contributed by atoms with E-state index in [4.69, 9.17) is 23.2 Å². The minimum atomic E-state index is -0.249. The van der Waals surface area contributed by atoms with Crippen LogP contribution in [0.4, 0.5) is 5.69 Å². The van der Waals surface area contributed by atoms with Gasteiger partial charge in [-0.1, -0.05) is 53.5 Å². The van der Waals surface area contributed by atoms with Gasteiger partial charge in [0.2, 0.25) is 0 Å². The minimum absolute atomic E-state index is 0.249. The van der Waals surface area contributed by atoms with Gasteiger partial charge in [-0.05, 0) is 54.4 Å². The number of benzene rings is 3. The van der Waals surface area contributed by atoms with Crippen LogP contribution in [0.5, 0.6) is 0 Å². The highest BCUT2D eigenvalue weighted by atomic mass is 35.5. The van der Waals surface area contributed by atoms with Crippen LogP contribution in [0.25, 0.3) is 0 Å². The quantitative estimate of drug-likeness (QED) is 0.473. The lowest BCUT2D eigenvalue weighted by Crippen LogP contribution is -2.13. The molecule has 2 nitrogen and oxygen atoms in total. The van der Waals surface area contributed by atoms with E-state index in [-0.39, 0.29) is 5.91 Å². The maximum absolute atomic E-state index is 12.5. The van der Waals surface area contributed by atoms with Crippen LogP contribution in [0.2, 0.25) is 10.0 Å². The smallest absolute Gasteiger partial charge is 0.257 e. The maximum atomic E-state index is 12.5. The molecule has 1 amide bonds. The Hall–Kier alpha value is -1.94. The summed E-state index contributed by atoms with van der Waals surface area (Å²) in [6, 6.07) is 21.2. The molecule has 0 atom stereocenters. The van der Waals surface area contributed by atoms with Crippen LogP contribution < -0.4 is 5.32 Å². The second kappa shape index (κ2) is 8.63. The zero-order valence-corrected chi connectivity index (χ0v) is 16.5. The Kier molecular flexibility index (Phi) is 6.25. The molecule has 0 fully saturated rings. The number of aryl methyl sites for hydroxylation is 1. The summed E-state index contributed by atoms with van der Waals surface area (Å²) in [5.74, 6) is 0.628. The molecule has 3 rings (SSSR count). The van der Waals surface area contributed by atoms with Crippen molar-refractivity contribution in [3.63, 3.8) is 0 Å². The zero-order chi connectivity index (χ0) is 18.5. The van der Waals surface area contributed by atoms with Crippen LogP contribution in [0, 0.1) is 6.92 Å². The van der Waals surface area contributed by atoms with E-state index < -0.39 is 0 Å².